The van der Waals surface area contributed by atoms with Gasteiger partial charge in [0, 0.05) is 12.3 Å². The molecule has 0 saturated carbocycles. The van der Waals surface area contributed by atoms with Crippen LogP contribution in [0.15, 0.2) is 24.3 Å². The summed E-state index contributed by atoms with van der Waals surface area (Å²) in [5, 5.41) is 2.72. The average Bonchev–Trinajstić information content (AvgIpc) is 2.40. The summed E-state index contributed by atoms with van der Waals surface area (Å²) < 4.78 is 4.99. The first-order chi connectivity index (χ1) is 9.97. The molecule has 1 aromatic rings. The van der Waals surface area contributed by atoms with E-state index in [0.29, 0.717) is 12.3 Å². The molecule has 0 saturated heterocycles. The van der Waals surface area contributed by atoms with Crippen LogP contribution in [0.25, 0.3) is 0 Å². The highest BCUT2D eigenvalue weighted by molar-refractivity contribution is 7.99. The molecule has 0 aliphatic carbocycles. The van der Waals surface area contributed by atoms with Gasteiger partial charge in [0.2, 0.25) is 5.91 Å². The number of ether oxygens (including phenoxy) is 1. The molecule has 0 heterocycles. The van der Waals surface area contributed by atoms with Crippen molar-refractivity contribution in [3.63, 3.8) is 0 Å². The topological polar surface area (TPSA) is 55.4 Å². The van der Waals surface area contributed by atoms with Gasteiger partial charge in [-0.1, -0.05) is 29.8 Å². The number of nitrogens with one attached hydrogen (secondary N) is 1. The van der Waals surface area contributed by atoms with Gasteiger partial charge in [-0.05, 0) is 26.3 Å². The van der Waals surface area contributed by atoms with Crippen LogP contribution in [0, 0.1) is 6.92 Å². The Hall–Kier alpha value is -1.49. The Bertz CT molecular complexity index is 457. The van der Waals surface area contributed by atoms with Gasteiger partial charge in [-0.15, -0.1) is 11.8 Å². The molecule has 1 rings (SSSR count). The molecule has 0 bridgehead atoms. The van der Waals surface area contributed by atoms with Crippen molar-refractivity contribution in [2.45, 2.75) is 39.0 Å². The van der Waals surface area contributed by atoms with E-state index in [4.69, 9.17) is 4.74 Å². The van der Waals surface area contributed by atoms with E-state index >= 15 is 0 Å². The van der Waals surface area contributed by atoms with Gasteiger partial charge in [0.15, 0.2) is 0 Å². The molecular formula is C16H23NO3S. The fourth-order valence-corrected chi connectivity index (χ4v) is 2.44. The van der Waals surface area contributed by atoms with Gasteiger partial charge in [0.25, 0.3) is 0 Å². The molecule has 0 aliphatic rings. The summed E-state index contributed by atoms with van der Waals surface area (Å²) in [6.45, 7) is 5.99. The quantitative estimate of drug-likeness (QED) is 0.750. The minimum absolute atomic E-state index is 0.0514. The molecule has 0 unspecified atom stereocenters. The number of rotatable bonds is 8. The van der Waals surface area contributed by atoms with Crippen molar-refractivity contribution >= 4 is 23.6 Å². The zero-order chi connectivity index (χ0) is 15.7. The van der Waals surface area contributed by atoms with Crippen molar-refractivity contribution in [3.8, 4) is 0 Å². The van der Waals surface area contributed by atoms with E-state index in [0.717, 1.165) is 5.75 Å². The number of carbonyl (C=O) groups is 2. The van der Waals surface area contributed by atoms with Crippen molar-refractivity contribution in [2.24, 2.45) is 0 Å². The zero-order valence-electron chi connectivity index (χ0n) is 12.8. The molecule has 0 spiro atoms. The first kappa shape index (κ1) is 17.6. The van der Waals surface area contributed by atoms with Gasteiger partial charge in [-0.3, -0.25) is 9.59 Å². The predicted octanol–water partition coefficient (Wildman–Crippen LogP) is 2.69. The third kappa shape index (κ3) is 8.40. The summed E-state index contributed by atoms with van der Waals surface area (Å²) in [5.41, 5.74) is 2.44. The lowest BCUT2D eigenvalue weighted by Gasteiger charge is -2.08. The Morgan fingerprint density at radius 2 is 1.90 bits per heavy atom. The number of hydrogen-bond acceptors (Lipinski definition) is 4. The van der Waals surface area contributed by atoms with Gasteiger partial charge in [-0.25, -0.2) is 0 Å². The lowest BCUT2D eigenvalue weighted by atomic mass is 10.2. The summed E-state index contributed by atoms with van der Waals surface area (Å²) >= 11 is 1.56. The predicted molar refractivity (Wildman–Crippen MR) is 86.2 cm³/mol. The number of carbonyl (C=O) groups excluding carboxylic acids is 2. The number of esters is 1. The minimum Gasteiger partial charge on any atom is -0.463 e. The SMILES string of the molecule is Cc1ccc(CSCC(=O)NCCC(=O)OC(C)C)cc1. The van der Waals surface area contributed by atoms with E-state index in [1.807, 2.05) is 0 Å². The van der Waals surface area contributed by atoms with Crippen LogP contribution in [0.1, 0.15) is 31.4 Å². The normalized spacial score (nSPS) is 10.5. The number of aryl methyl sites for hydroxylation is 1. The Balaban J connectivity index is 2.11. The average molecular weight is 309 g/mol. The zero-order valence-corrected chi connectivity index (χ0v) is 13.7. The van der Waals surface area contributed by atoms with E-state index in [1.165, 1.54) is 11.1 Å². The highest BCUT2D eigenvalue weighted by atomic mass is 32.2. The van der Waals surface area contributed by atoms with E-state index in [1.54, 1.807) is 25.6 Å². The molecule has 4 nitrogen and oxygen atoms in total. The lowest BCUT2D eigenvalue weighted by Crippen LogP contribution is -2.28. The Labute approximate surface area is 130 Å². The molecule has 1 N–H and O–H groups in total. The second-order valence-corrected chi connectivity index (χ2v) is 6.10. The summed E-state index contributed by atoms with van der Waals surface area (Å²) in [6, 6.07) is 8.27. The van der Waals surface area contributed by atoms with E-state index < -0.39 is 0 Å². The van der Waals surface area contributed by atoms with Crippen molar-refractivity contribution in [1.29, 1.82) is 0 Å². The monoisotopic (exact) mass is 309 g/mol. The third-order valence-electron chi connectivity index (χ3n) is 2.64. The molecule has 1 amide bonds. The van der Waals surface area contributed by atoms with Gasteiger partial charge in [0.1, 0.15) is 0 Å². The minimum atomic E-state index is -0.280. The lowest BCUT2D eigenvalue weighted by molar-refractivity contribution is -0.147. The maximum atomic E-state index is 11.6. The van der Waals surface area contributed by atoms with Crippen LogP contribution in [0.2, 0.25) is 0 Å². The highest BCUT2D eigenvalue weighted by Gasteiger charge is 2.07. The van der Waals surface area contributed by atoms with Crippen molar-refractivity contribution in [2.75, 3.05) is 12.3 Å². The largest absolute Gasteiger partial charge is 0.463 e. The van der Waals surface area contributed by atoms with Crippen molar-refractivity contribution < 1.29 is 14.3 Å². The molecule has 116 valence electrons. The third-order valence-corrected chi connectivity index (χ3v) is 3.64. The van der Waals surface area contributed by atoms with Crippen LogP contribution < -0.4 is 5.32 Å². The first-order valence-corrected chi connectivity index (χ1v) is 8.22. The Morgan fingerprint density at radius 1 is 1.24 bits per heavy atom. The summed E-state index contributed by atoms with van der Waals surface area (Å²) in [7, 11) is 0. The van der Waals surface area contributed by atoms with E-state index in [-0.39, 0.29) is 24.4 Å². The maximum Gasteiger partial charge on any atom is 0.307 e. The van der Waals surface area contributed by atoms with E-state index in [2.05, 4.69) is 36.5 Å². The second kappa shape index (κ2) is 9.45. The molecule has 21 heavy (non-hydrogen) atoms. The standard InChI is InChI=1S/C16H23NO3S/c1-12(2)20-16(19)8-9-17-15(18)11-21-10-14-6-4-13(3)5-7-14/h4-7,12H,8-11H2,1-3H3,(H,17,18). The number of thioether (sulfide) groups is 1. The maximum absolute atomic E-state index is 11.6. The van der Waals surface area contributed by atoms with Gasteiger partial charge >= 0.3 is 5.97 Å². The molecular weight excluding hydrogens is 286 g/mol. The number of hydrogen-bond donors (Lipinski definition) is 1. The summed E-state index contributed by atoms with van der Waals surface area (Å²) in [5.74, 6) is 0.873. The molecule has 0 radical (unpaired) electrons. The molecule has 1 aromatic carbocycles. The number of amides is 1. The molecule has 0 aliphatic heterocycles. The molecule has 0 atom stereocenters. The van der Waals surface area contributed by atoms with Crippen LogP contribution in [-0.2, 0) is 20.1 Å². The van der Waals surface area contributed by atoms with Gasteiger partial charge in [0.05, 0.1) is 18.3 Å². The van der Waals surface area contributed by atoms with Crippen LogP contribution in [0.5, 0.6) is 0 Å². The fourth-order valence-electron chi connectivity index (χ4n) is 1.62. The second-order valence-electron chi connectivity index (χ2n) is 5.12. The van der Waals surface area contributed by atoms with Crippen LogP contribution >= 0.6 is 11.8 Å². The van der Waals surface area contributed by atoms with E-state index in [9.17, 15) is 9.59 Å². The van der Waals surface area contributed by atoms with Gasteiger partial charge in [-0.2, -0.15) is 0 Å². The molecule has 5 heteroatoms. The molecule has 0 fully saturated rings. The summed E-state index contributed by atoms with van der Waals surface area (Å²) in [4.78, 5) is 22.9. The van der Waals surface area contributed by atoms with Crippen molar-refractivity contribution in [3.05, 3.63) is 35.4 Å². The van der Waals surface area contributed by atoms with Crippen molar-refractivity contribution in [1.82, 2.24) is 5.32 Å². The smallest absolute Gasteiger partial charge is 0.307 e. The Morgan fingerprint density at radius 3 is 2.52 bits per heavy atom. The van der Waals surface area contributed by atoms with Crippen LogP contribution in [0.3, 0.4) is 0 Å². The van der Waals surface area contributed by atoms with Crippen LogP contribution in [-0.4, -0.2) is 30.3 Å². The highest BCUT2D eigenvalue weighted by Crippen LogP contribution is 2.12. The van der Waals surface area contributed by atoms with Gasteiger partial charge < -0.3 is 10.1 Å². The Kier molecular flexibility index (Phi) is 7.90. The molecule has 0 aromatic heterocycles. The fraction of sp³-hybridized carbons (Fsp3) is 0.500. The number of benzene rings is 1. The van der Waals surface area contributed by atoms with Crippen LogP contribution in [0.4, 0.5) is 0 Å². The summed E-state index contributed by atoms with van der Waals surface area (Å²) in [6.07, 6.45) is 0.102. The first-order valence-electron chi connectivity index (χ1n) is 7.07.